The molecule has 0 unspecified atom stereocenters. The van der Waals surface area contributed by atoms with E-state index in [9.17, 15) is 9.59 Å². The summed E-state index contributed by atoms with van der Waals surface area (Å²) >= 11 is 3.34. The molecule has 0 fully saturated rings. The molecule has 0 atom stereocenters. The molecular formula is C17H14BrNO5. The van der Waals surface area contributed by atoms with Crippen LogP contribution in [0, 0.1) is 0 Å². The fraction of sp³-hybridized carbons (Fsp3) is 0.176. The number of nitrogens with zero attached hydrogens (tertiary/aromatic N) is 1. The second kappa shape index (κ2) is 7.35. The number of esters is 1. The van der Waals surface area contributed by atoms with Crippen molar-refractivity contribution >= 4 is 33.0 Å². The summed E-state index contributed by atoms with van der Waals surface area (Å²) < 4.78 is 17.8. The SMILES string of the molecule is O=C(Cn1c(=O)oc2ccccc21)OCCOc1ccc(Br)cc1. The molecule has 3 rings (SSSR count). The highest BCUT2D eigenvalue weighted by molar-refractivity contribution is 9.10. The molecule has 6 nitrogen and oxygen atoms in total. The van der Waals surface area contributed by atoms with E-state index in [-0.39, 0.29) is 19.8 Å². The Hall–Kier alpha value is -2.54. The van der Waals surface area contributed by atoms with Crippen molar-refractivity contribution in [2.24, 2.45) is 0 Å². The molecule has 1 heterocycles. The summed E-state index contributed by atoms with van der Waals surface area (Å²) in [5.41, 5.74) is 0.999. The minimum absolute atomic E-state index is 0.0967. The van der Waals surface area contributed by atoms with E-state index < -0.39 is 11.7 Å². The van der Waals surface area contributed by atoms with Crippen LogP contribution >= 0.6 is 15.9 Å². The minimum atomic E-state index is -0.584. The summed E-state index contributed by atoms with van der Waals surface area (Å²) in [6.07, 6.45) is 0. The Balaban J connectivity index is 1.51. The van der Waals surface area contributed by atoms with Crippen LogP contribution in [0.25, 0.3) is 11.1 Å². The molecule has 0 radical (unpaired) electrons. The minimum Gasteiger partial charge on any atom is -0.490 e. The Morgan fingerprint density at radius 2 is 1.83 bits per heavy atom. The van der Waals surface area contributed by atoms with E-state index >= 15 is 0 Å². The third-order valence-corrected chi connectivity index (χ3v) is 3.82. The second-order valence-electron chi connectivity index (χ2n) is 4.94. The molecule has 0 aliphatic heterocycles. The lowest BCUT2D eigenvalue weighted by Crippen LogP contribution is -2.23. The quantitative estimate of drug-likeness (QED) is 0.477. The zero-order valence-electron chi connectivity index (χ0n) is 12.6. The highest BCUT2D eigenvalue weighted by Crippen LogP contribution is 2.16. The highest BCUT2D eigenvalue weighted by Gasteiger charge is 2.13. The first-order chi connectivity index (χ1) is 11.6. The maximum Gasteiger partial charge on any atom is 0.420 e. The van der Waals surface area contributed by atoms with Crippen molar-refractivity contribution < 1.29 is 18.7 Å². The Bertz CT molecular complexity index is 897. The monoisotopic (exact) mass is 391 g/mol. The summed E-state index contributed by atoms with van der Waals surface area (Å²) in [5, 5.41) is 0. The molecule has 0 aliphatic rings. The number of halogens is 1. The van der Waals surface area contributed by atoms with Crippen LogP contribution in [-0.2, 0) is 16.1 Å². The molecule has 124 valence electrons. The van der Waals surface area contributed by atoms with Gasteiger partial charge in [-0.3, -0.25) is 9.36 Å². The summed E-state index contributed by atoms with van der Waals surface area (Å²) in [6.45, 7) is 0.127. The predicted octanol–water partition coefficient (Wildman–Crippen LogP) is 2.98. The lowest BCUT2D eigenvalue weighted by molar-refractivity contribution is -0.145. The third kappa shape index (κ3) is 3.86. The predicted molar refractivity (Wildman–Crippen MR) is 91.1 cm³/mol. The number of oxazole rings is 1. The number of hydrogen-bond acceptors (Lipinski definition) is 5. The van der Waals surface area contributed by atoms with Gasteiger partial charge in [0.1, 0.15) is 25.5 Å². The molecule has 7 heteroatoms. The summed E-state index contributed by atoms with van der Waals surface area (Å²) in [6, 6.07) is 14.2. The number of ether oxygens (including phenoxy) is 2. The van der Waals surface area contributed by atoms with Gasteiger partial charge in [-0.15, -0.1) is 0 Å². The van der Waals surface area contributed by atoms with Crippen molar-refractivity contribution in [3.8, 4) is 5.75 Å². The number of carbonyl (C=O) groups is 1. The Morgan fingerprint density at radius 1 is 1.08 bits per heavy atom. The summed E-state index contributed by atoms with van der Waals surface area (Å²) in [5.74, 6) is -0.423. The van der Waals surface area contributed by atoms with Gasteiger partial charge in [0.25, 0.3) is 0 Å². The van der Waals surface area contributed by atoms with Gasteiger partial charge in [0.05, 0.1) is 5.52 Å². The van der Waals surface area contributed by atoms with Crippen molar-refractivity contribution in [2.45, 2.75) is 6.54 Å². The van der Waals surface area contributed by atoms with Gasteiger partial charge in [-0.25, -0.2) is 4.79 Å². The number of hydrogen-bond donors (Lipinski definition) is 0. The molecule has 0 amide bonds. The van der Waals surface area contributed by atoms with Crippen molar-refractivity contribution in [2.75, 3.05) is 13.2 Å². The molecule has 0 spiro atoms. The van der Waals surface area contributed by atoms with Crippen molar-refractivity contribution in [1.82, 2.24) is 4.57 Å². The summed E-state index contributed by atoms with van der Waals surface area (Å²) in [4.78, 5) is 23.7. The fourth-order valence-electron chi connectivity index (χ4n) is 2.18. The maximum atomic E-state index is 11.9. The van der Waals surface area contributed by atoms with Gasteiger partial charge >= 0.3 is 11.7 Å². The van der Waals surface area contributed by atoms with Crippen LogP contribution in [0.4, 0.5) is 0 Å². The van der Waals surface area contributed by atoms with Crippen LogP contribution in [0.5, 0.6) is 5.75 Å². The van der Waals surface area contributed by atoms with Crippen LogP contribution in [0.2, 0.25) is 0 Å². The van der Waals surface area contributed by atoms with Crippen LogP contribution in [0.1, 0.15) is 0 Å². The van der Waals surface area contributed by atoms with Crippen LogP contribution in [-0.4, -0.2) is 23.8 Å². The zero-order chi connectivity index (χ0) is 16.9. The highest BCUT2D eigenvalue weighted by atomic mass is 79.9. The molecule has 1 aromatic heterocycles. The average Bonchev–Trinajstić information content (AvgIpc) is 2.89. The van der Waals surface area contributed by atoms with Gasteiger partial charge in [-0.1, -0.05) is 28.1 Å². The van der Waals surface area contributed by atoms with Crippen molar-refractivity contribution in [1.29, 1.82) is 0 Å². The van der Waals surface area contributed by atoms with Crippen molar-refractivity contribution in [3.63, 3.8) is 0 Å². The lowest BCUT2D eigenvalue weighted by Gasteiger charge is -2.07. The van der Waals surface area contributed by atoms with E-state index in [0.717, 1.165) is 4.47 Å². The van der Waals surface area contributed by atoms with Gasteiger partial charge in [-0.2, -0.15) is 0 Å². The Labute approximate surface area is 145 Å². The van der Waals surface area contributed by atoms with E-state index in [1.54, 1.807) is 24.3 Å². The van der Waals surface area contributed by atoms with E-state index in [2.05, 4.69) is 15.9 Å². The molecule has 24 heavy (non-hydrogen) atoms. The zero-order valence-corrected chi connectivity index (χ0v) is 14.2. The number of carbonyl (C=O) groups excluding carboxylic acids is 1. The average molecular weight is 392 g/mol. The number of fused-ring (bicyclic) bond motifs is 1. The first kappa shape index (κ1) is 16.3. The molecule has 0 bridgehead atoms. The lowest BCUT2D eigenvalue weighted by atomic mass is 10.3. The first-order valence-electron chi connectivity index (χ1n) is 7.26. The van der Waals surface area contributed by atoms with E-state index in [1.165, 1.54) is 4.57 Å². The first-order valence-corrected chi connectivity index (χ1v) is 8.05. The fourth-order valence-corrected chi connectivity index (χ4v) is 2.45. The number of benzene rings is 2. The maximum absolute atomic E-state index is 11.9. The van der Waals surface area contributed by atoms with Gasteiger partial charge in [0.15, 0.2) is 5.58 Å². The van der Waals surface area contributed by atoms with Crippen LogP contribution in [0.15, 0.2) is 62.2 Å². The van der Waals surface area contributed by atoms with Gasteiger partial charge < -0.3 is 13.9 Å². The molecule has 0 saturated carbocycles. The number of para-hydroxylation sites is 2. The summed E-state index contributed by atoms with van der Waals surface area (Å²) in [7, 11) is 0. The Kier molecular flexibility index (Phi) is 5.00. The van der Waals surface area contributed by atoms with E-state index in [1.807, 2.05) is 24.3 Å². The van der Waals surface area contributed by atoms with Crippen LogP contribution in [0.3, 0.4) is 0 Å². The number of rotatable bonds is 6. The van der Waals surface area contributed by atoms with E-state index in [4.69, 9.17) is 13.9 Å². The molecule has 3 aromatic rings. The molecular weight excluding hydrogens is 378 g/mol. The normalized spacial score (nSPS) is 10.7. The van der Waals surface area contributed by atoms with E-state index in [0.29, 0.717) is 16.8 Å². The largest absolute Gasteiger partial charge is 0.490 e. The smallest absolute Gasteiger partial charge is 0.420 e. The van der Waals surface area contributed by atoms with Gasteiger partial charge in [0, 0.05) is 4.47 Å². The standard InChI is InChI=1S/C17H14BrNO5/c18-12-5-7-13(8-6-12)22-9-10-23-16(20)11-19-14-3-1-2-4-15(14)24-17(19)21/h1-8H,9-11H2. The van der Waals surface area contributed by atoms with Crippen LogP contribution < -0.4 is 10.5 Å². The number of aromatic nitrogens is 1. The van der Waals surface area contributed by atoms with Gasteiger partial charge in [-0.05, 0) is 36.4 Å². The Morgan fingerprint density at radius 3 is 2.62 bits per heavy atom. The molecule has 2 aromatic carbocycles. The molecule has 0 saturated heterocycles. The molecule has 0 aliphatic carbocycles. The third-order valence-electron chi connectivity index (χ3n) is 3.29. The molecule has 0 N–H and O–H groups in total. The topological polar surface area (TPSA) is 70.7 Å². The van der Waals surface area contributed by atoms with Gasteiger partial charge in [0.2, 0.25) is 0 Å². The second-order valence-corrected chi connectivity index (χ2v) is 5.86. The van der Waals surface area contributed by atoms with Crippen molar-refractivity contribution in [3.05, 3.63) is 63.6 Å².